The van der Waals surface area contributed by atoms with Crippen molar-refractivity contribution in [2.45, 2.75) is 19.8 Å². The lowest BCUT2D eigenvalue weighted by Gasteiger charge is -2.14. The molecule has 2 rings (SSSR count). The number of nitrogens with one attached hydrogen (secondary N) is 1. The molecule has 0 radical (unpaired) electrons. The van der Waals surface area contributed by atoms with Gasteiger partial charge >= 0.3 is 5.97 Å². The Morgan fingerprint density at radius 3 is 2.42 bits per heavy atom. The Morgan fingerprint density at radius 2 is 1.79 bits per heavy atom. The Hall–Kier alpha value is -2.82. The van der Waals surface area contributed by atoms with E-state index < -0.39 is 5.97 Å². The molecule has 24 heavy (non-hydrogen) atoms. The number of carboxylic acid groups (broad SMARTS) is 1. The highest BCUT2D eigenvalue weighted by Crippen LogP contribution is 2.22. The van der Waals surface area contributed by atoms with Gasteiger partial charge in [0.05, 0.1) is 12.7 Å². The standard InChI is InChI=1S/C19H21NO4/c1-13(11-15-5-3-4-6-17(15)24-2)12-18(21)20-16-9-7-14(8-10-16)19(22)23/h3-10,13H,11-12H2,1-2H3,(H,20,21)(H,22,23). The van der Waals surface area contributed by atoms with Crippen LogP contribution in [0.2, 0.25) is 0 Å². The van der Waals surface area contributed by atoms with Crippen molar-refractivity contribution in [2.75, 3.05) is 12.4 Å². The van der Waals surface area contributed by atoms with Crippen LogP contribution in [0.3, 0.4) is 0 Å². The van der Waals surface area contributed by atoms with Crippen LogP contribution in [-0.4, -0.2) is 24.1 Å². The minimum absolute atomic E-state index is 0.0968. The van der Waals surface area contributed by atoms with Crippen LogP contribution in [0, 0.1) is 5.92 Å². The fraction of sp³-hybridized carbons (Fsp3) is 0.263. The van der Waals surface area contributed by atoms with Gasteiger partial charge in [-0.15, -0.1) is 0 Å². The van der Waals surface area contributed by atoms with Gasteiger partial charge in [-0.1, -0.05) is 25.1 Å². The number of carbonyl (C=O) groups is 2. The van der Waals surface area contributed by atoms with Crippen LogP contribution in [0.25, 0.3) is 0 Å². The normalized spacial score (nSPS) is 11.6. The molecule has 0 aliphatic carbocycles. The van der Waals surface area contributed by atoms with E-state index >= 15 is 0 Å². The number of ether oxygens (including phenoxy) is 1. The van der Waals surface area contributed by atoms with Crippen LogP contribution in [0.1, 0.15) is 29.3 Å². The number of anilines is 1. The molecule has 0 aromatic heterocycles. The number of carbonyl (C=O) groups excluding carboxylic acids is 1. The van der Waals surface area contributed by atoms with E-state index in [1.54, 1.807) is 19.2 Å². The molecular weight excluding hydrogens is 306 g/mol. The summed E-state index contributed by atoms with van der Waals surface area (Å²) in [6.07, 6.45) is 1.12. The van der Waals surface area contributed by atoms with Crippen molar-refractivity contribution in [3.05, 3.63) is 59.7 Å². The number of amides is 1. The Kier molecular flexibility index (Phi) is 5.95. The minimum Gasteiger partial charge on any atom is -0.496 e. The van der Waals surface area contributed by atoms with Gasteiger partial charge in [0, 0.05) is 12.1 Å². The second-order valence-corrected chi connectivity index (χ2v) is 5.76. The van der Waals surface area contributed by atoms with E-state index in [0.717, 1.165) is 17.7 Å². The Morgan fingerprint density at radius 1 is 1.12 bits per heavy atom. The van der Waals surface area contributed by atoms with Crippen LogP contribution in [0.5, 0.6) is 5.75 Å². The Balaban J connectivity index is 1.90. The van der Waals surface area contributed by atoms with Gasteiger partial charge < -0.3 is 15.2 Å². The molecule has 126 valence electrons. The number of carboxylic acids is 1. The first kappa shape index (κ1) is 17.5. The largest absolute Gasteiger partial charge is 0.496 e. The van der Waals surface area contributed by atoms with Crippen molar-refractivity contribution < 1.29 is 19.4 Å². The monoisotopic (exact) mass is 327 g/mol. The van der Waals surface area contributed by atoms with Crippen molar-refractivity contribution >= 4 is 17.6 Å². The molecule has 1 amide bonds. The third-order valence-electron chi connectivity index (χ3n) is 3.71. The lowest BCUT2D eigenvalue weighted by molar-refractivity contribution is -0.116. The summed E-state index contributed by atoms with van der Waals surface area (Å²) in [7, 11) is 1.64. The molecule has 2 N–H and O–H groups in total. The predicted molar refractivity (Wildman–Crippen MR) is 92.5 cm³/mol. The van der Waals surface area contributed by atoms with Crippen molar-refractivity contribution in [1.82, 2.24) is 0 Å². The van der Waals surface area contributed by atoms with Gasteiger partial charge in [0.15, 0.2) is 0 Å². The first-order valence-electron chi connectivity index (χ1n) is 7.74. The summed E-state index contributed by atoms with van der Waals surface area (Å²) in [6, 6.07) is 13.9. The molecule has 0 aliphatic rings. The number of aromatic carboxylic acids is 1. The first-order chi connectivity index (χ1) is 11.5. The SMILES string of the molecule is COc1ccccc1CC(C)CC(=O)Nc1ccc(C(=O)O)cc1. The first-order valence-corrected chi connectivity index (χ1v) is 7.74. The summed E-state index contributed by atoms with van der Waals surface area (Å²) in [4.78, 5) is 22.9. The van der Waals surface area contributed by atoms with Crippen molar-refractivity contribution in [2.24, 2.45) is 5.92 Å². The molecule has 0 saturated heterocycles. The molecule has 5 nitrogen and oxygen atoms in total. The van der Waals surface area contributed by atoms with Crippen LogP contribution < -0.4 is 10.1 Å². The fourth-order valence-electron chi connectivity index (χ4n) is 2.54. The second kappa shape index (κ2) is 8.15. The smallest absolute Gasteiger partial charge is 0.335 e. The van der Waals surface area contributed by atoms with Crippen molar-refractivity contribution in [1.29, 1.82) is 0 Å². The van der Waals surface area contributed by atoms with Crippen LogP contribution >= 0.6 is 0 Å². The molecular formula is C19H21NO4. The fourth-order valence-corrected chi connectivity index (χ4v) is 2.54. The molecule has 2 aromatic rings. The number of methoxy groups -OCH3 is 1. The van der Waals surface area contributed by atoms with Crippen LogP contribution in [0.15, 0.2) is 48.5 Å². The van der Waals surface area contributed by atoms with E-state index in [0.29, 0.717) is 12.1 Å². The summed E-state index contributed by atoms with van der Waals surface area (Å²) < 4.78 is 5.33. The van der Waals surface area contributed by atoms with E-state index in [-0.39, 0.29) is 17.4 Å². The minimum atomic E-state index is -0.988. The molecule has 0 heterocycles. The maximum atomic E-state index is 12.1. The van der Waals surface area contributed by atoms with Gasteiger partial charge in [0.1, 0.15) is 5.75 Å². The Bertz CT molecular complexity index is 710. The van der Waals surface area contributed by atoms with Crippen molar-refractivity contribution in [3.63, 3.8) is 0 Å². The van der Waals surface area contributed by atoms with E-state index in [1.807, 2.05) is 31.2 Å². The van der Waals surface area contributed by atoms with Crippen LogP contribution in [0.4, 0.5) is 5.69 Å². The van der Waals surface area contributed by atoms with Gasteiger partial charge in [-0.05, 0) is 48.2 Å². The van der Waals surface area contributed by atoms with E-state index in [1.165, 1.54) is 12.1 Å². The van der Waals surface area contributed by atoms with Gasteiger partial charge in [0.2, 0.25) is 5.91 Å². The van der Waals surface area contributed by atoms with Gasteiger partial charge in [-0.3, -0.25) is 4.79 Å². The van der Waals surface area contributed by atoms with Gasteiger partial charge in [-0.25, -0.2) is 4.79 Å². The van der Waals surface area contributed by atoms with Crippen LogP contribution in [-0.2, 0) is 11.2 Å². The lowest BCUT2D eigenvalue weighted by atomic mass is 9.97. The summed E-state index contributed by atoms with van der Waals surface area (Å²) in [5.41, 5.74) is 1.86. The zero-order valence-corrected chi connectivity index (χ0v) is 13.8. The number of rotatable bonds is 7. The highest BCUT2D eigenvalue weighted by molar-refractivity contribution is 5.92. The molecule has 0 saturated carbocycles. The highest BCUT2D eigenvalue weighted by atomic mass is 16.5. The van der Waals surface area contributed by atoms with E-state index in [4.69, 9.17) is 9.84 Å². The lowest BCUT2D eigenvalue weighted by Crippen LogP contribution is -2.16. The molecule has 1 atom stereocenters. The van der Waals surface area contributed by atoms with E-state index in [9.17, 15) is 9.59 Å². The Labute approximate surface area is 141 Å². The molecule has 2 aromatic carbocycles. The predicted octanol–water partition coefficient (Wildman–Crippen LogP) is 3.60. The molecule has 5 heteroatoms. The van der Waals surface area contributed by atoms with Gasteiger partial charge in [0.25, 0.3) is 0 Å². The van der Waals surface area contributed by atoms with Gasteiger partial charge in [-0.2, -0.15) is 0 Å². The zero-order chi connectivity index (χ0) is 17.5. The molecule has 0 spiro atoms. The summed E-state index contributed by atoms with van der Waals surface area (Å²) >= 11 is 0. The molecule has 1 unspecified atom stereocenters. The number of hydrogen-bond acceptors (Lipinski definition) is 3. The number of para-hydroxylation sites is 1. The third kappa shape index (κ3) is 4.84. The third-order valence-corrected chi connectivity index (χ3v) is 3.71. The quantitative estimate of drug-likeness (QED) is 0.815. The average molecular weight is 327 g/mol. The number of hydrogen-bond donors (Lipinski definition) is 2. The topological polar surface area (TPSA) is 75.6 Å². The average Bonchev–Trinajstić information content (AvgIpc) is 2.55. The molecule has 0 fully saturated rings. The summed E-state index contributed by atoms with van der Waals surface area (Å²) in [5.74, 6) is -0.104. The zero-order valence-electron chi connectivity index (χ0n) is 13.8. The second-order valence-electron chi connectivity index (χ2n) is 5.76. The molecule has 0 bridgehead atoms. The summed E-state index contributed by atoms with van der Waals surface area (Å²) in [6.45, 7) is 2.01. The maximum Gasteiger partial charge on any atom is 0.335 e. The maximum absolute atomic E-state index is 12.1. The van der Waals surface area contributed by atoms with Crippen molar-refractivity contribution in [3.8, 4) is 5.75 Å². The van der Waals surface area contributed by atoms with E-state index in [2.05, 4.69) is 5.32 Å². The highest BCUT2D eigenvalue weighted by Gasteiger charge is 2.13. The number of benzene rings is 2. The summed E-state index contributed by atoms with van der Waals surface area (Å²) in [5, 5.41) is 11.7. The molecule has 0 aliphatic heterocycles.